The molecule has 0 aliphatic carbocycles. The number of quaternary nitrogens is 1. The zero-order valence-electron chi connectivity index (χ0n) is 13.1. The fourth-order valence-corrected chi connectivity index (χ4v) is 2.40. The summed E-state index contributed by atoms with van der Waals surface area (Å²) in [5, 5.41) is 12.8. The molecule has 114 valence electrons. The summed E-state index contributed by atoms with van der Waals surface area (Å²) in [7, 11) is 6.13. The van der Waals surface area contributed by atoms with Crippen molar-refractivity contribution >= 4 is 0 Å². The molecule has 0 spiro atoms. The summed E-state index contributed by atoms with van der Waals surface area (Å²) in [5.41, 5.74) is 0. The predicted octanol–water partition coefficient (Wildman–Crippen LogP) is 0.431. The molecular weight excluding hydrogens is 244 g/mol. The molecule has 0 bridgehead atoms. The summed E-state index contributed by atoms with van der Waals surface area (Å²) in [6, 6.07) is 0.208. The van der Waals surface area contributed by atoms with Gasteiger partial charge in [-0.3, -0.25) is 0 Å². The van der Waals surface area contributed by atoms with E-state index in [1.165, 1.54) is 0 Å². The van der Waals surface area contributed by atoms with Crippen molar-refractivity contribution in [1.82, 2.24) is 5.32 Å². The molecule has 4 atom stereocenters. The van der Waals surface area contributed by atoms with Crippen LogP contribution in [0.4, 0.5) is 0 Å². The predicted molar refractivity (Wildman–Crippen MR) is 75.8 cm³/mol. The van der Waals surface area contributed by atoms with E-state index in [2.05, 4.69) is 33.3 Å². The number of hydrogen-bond donors (Lipinski definition) is 2. The highest BCUT2D eigenvalue weighted by atomic mass is 16.7. The lowest BCUT2D eigenvalue weighted by Crippen LogP contribution is -2.54. The average molecular weight is 275 g/mol. The van der Waals surface area contributed by atoms with Gasteiger partial charge in [0, 0.05) is 13.7 Å². The van der Waals surface area contributed by atoms with Gasteiger partial charge in [-0.2, -0.15) is 0 Å². The highest BCUT2D eigenvalue weighted by molar-refractivity contribution is 4.83. The van der Waals surface area contributed by atoms with Gasteiger partial charge in [0.05, 0.1) is 45.9 Å². The molecule has 0 amide bonds. The Bertz CT molecular complexity index is 261. The number of aliphatic hydroxyl groups is 1. The van der Waals surface area contributed by atoms with Gasteiger partial charge in [0.2, 0.25) is 0 Å². The maximum atomic E-state index is 9.27. The third kappa shape index (κ3) is 5.00. The smallest absolute Gasteiger partial charge is 0.172 e. The van der Waals surface area contributed by atoms with Crippen LogP contribution < -0.4 is 5.32 Å². The molecule has 1 fully saturated rings. The Labute approximate surface area is 117 Å². The monoisotopic (exact) mass is 275 g/mol. The van der Waals surface area contributed by atoms with Crippen molar-refractivity contribution in [3.8, 4) is 0 Å². The van der Waals surface area contributed by atoms with Gasteiger partial charge in [0.25, 0.3) is 0 Å². The summed E-state index contributed by atoms with van der Waals surface area (Å²) >= 11 is 0. The molecule has 5 heteroatoms. The van der Waals surface area contributed by atoms with Gasteiger partial charge in [-0.25, -0.2) is 0 Å². The Morgan fingerprint density at radius 3 is 2.63 bits per heavy atom. The first-order chi connectivity index (χ1) is 8.93. The van der Waals surface area contributed by atoms with Gasteiger partial charge in [-0.05, 0) is 19.3 Å². The van der Waals surface area contributed by atoms with Gasteiger partial charge in [-0.1, -0.05) is 6.92 Å². The Hall–Kier alpha value is -0.200. The molecule has 0 aromatic heterocycles. The minimum absolute atomic E-state index is 0.0630. The van der Waals surface area contributed by atoms with E-state index in [0.29, 0.717) is 5.92 Å². The molecule has 19 heavy (non-hydrogen) atoms. The SMILES string of the molecule is CC[N+](C)(C)CCNC1CC(C)C(CO)OC1OC. The highest BCUT2D eigenvalue weighted by Gasteiger charge is 2.35. The van der Waals surface area contributed by atoms with Crippen LogP contribution in [-0.4, -0.2) is 75.5 Å². The molecule has 4 unspecified atom stereocenters. The van der Waals surface area contributed by atoms with Gasteiger partial charge in [-0.15, -0.1) is 0 Å². The summed E-state index contributed by atoms with van der Waals surface area (Å²) in [4.78, 5) is 0. The fourth-order valence-electron chi connectivity index (χ4n) is 2.40. The lowest BCUT2D eigenvalue weighted by atomic mass is 9.93. The van der Waals surface area contributed by atoms with E-state index < -0.39 is 0 Å². The lowest BCUT2D eigenvalue weighted by molar-refractivity contribution is -0.887. The van der Waals surface area contributed by atoms with Gasteiger partial charge in [0.1, 0.15) is 0 Å². The molecule has 1 saturated heterocycles. The van der Waals surface area contributed by atoms with Gasteiger partial charge < -0.3 is 24.4 Å². The summed E-state index contributed by atoms with van der Waals surface area (Å²) in [5.74, 6) is 0.350. The van der Waals surface area contributed by atoms with E-state index in [9.17, 15) is 5.11 Å². The number of rotatable bonds is 7. The van der Waals surface area contributed by atoms with Crippen LogP contribution >= 0.6 is 0 Å². The topological polar surface area (TPSA) is 50.7 Å². The fraction of sp³-hybridized carbons (Fsp3) is 1.00. The Morgan fingerprint density at radius 2 is 2.11 bits per heavy atom. The van der Waals surface area contributed by atoms with Crippen LogP contribution in [0.2, 0.25) is 0 Å². The number of aliphatic hydroxyl groups excluding tert-OH is 1. The molecule has 0 aromatic carbocycles. The minimum atomic E-state index is -0.259. The van der Waals surface area contributed by atoms with Crippen LogP contribution in [0.1, 0.15) is 20.3 Å². The molecule has 0 radical (unpaired) electrons. The number of methoxy groups -OCH3 is 1. The lowest BCUT2D eigenvalue weighted by Gasteiger charge is -2.39. The third-order valence-corrected chi connectivity index (χ3v) is 4.29. The van der Waals surface area contributed by atoms with E-state index in [0.717, 1.165) is 30.5 Å². The van der Waals surface area contributed by atoms with E-state index in [1.807, 2.05) is 0 Å². The maximum absolute atomic E-state index is 9.27. The second-order valence-corrected chi connectivity index (χ2v) is 6.21. The number of nitrogens with one attached hydrogen (secondary N) is 1. The number of ether oxygens (including phenoxy) is 2. The summed E-state index contributed by atoms with van der Waals surface area (Å²) in [6.45, 7) is 7.54. The molecule has 1 aliphatic rings. The van der Waals surface area contributed by atoms with Crippen LogP contribution in [0.3, 0.4) is 0 Å². The molecule has 1 rings (SSSR count). The number of likely N-dealkylation sites (N-methyl/N-ethyl adjacent to an activating group) is 1. The van der Waals surface area contributed by atoms with Crippen molar-refractivity contribution < 1.29 is 19.1 Å². The Morgan fingerprint density at radius 1 is 1.42 bits per heavy atom. The summed E-state index contributed by atoms with van der Waals surface area (Å²) < 4.78 is 12.2. The van der Waals surface area contributed by atoms with E-state index in [-0.39, 0.29) is 25.0 Å². The van der Waals surface area contributed by atoms with Crippen molar-refractivity contribution in [2.45, 2.75) is 38.7 Å². The first-order valence-corrected chi connectivity index (χ1v) is 7.28. The minimum Gasteiger partial charge on any atom is -0.394 e. The first kappa shape index (κ1) is 16.9. The van der Waals surface area contributed by atoms with Gasteiger partial charge in [0.15, 0.2) is 6.29 Å². The molecule has 1 aliphatic heterocycles. The molecule has 1 heterocycles. The second-order valence-electron chi connectivity index (χ2n) is 6.21. The van der Waals surface area contributed by atoms with Crippen LogP contribution in [0, 0.1) is 5.92 Å². The quantitative estimate of drug-likeness (QED) is 0.662. The van der Waals surface area contributed by atoms with Gasteiger partial charge >= 0.3 is 0 Å². The Balaban J connectivity index is 2.43. The number of nitrogens with zero attached hydrogens (tertiary/aromatic N) is 1. The van der Waals surface area contributed by atoms with Crippen molar-refractivity contribution in [3.63, 3.8) is 0 Å². The van der Waals surface area contributed by atoms with Crippen molar-refractivity contribution in [3.05, 3.63) is 0 Å². The standard InChI is InChI=1S/C14H31N2O3/c1-6-16(3,4)8-7-15-12-9-11(2)13(10-17)19-14(12)18-5/h11-15,17H,6-10H2,1-5H3/q+1. The number of hydrogen-bond acceptors (Lipinski definition) is 4. The van der Waals surface area contributed by atoms with Crippen molar-refractivity contribution in [2.24, 2.45) is 5.92 Å². The molecular formula is C14H31N2O3+. The van der Waals surface area contributed by atoms with Crippen molar-refractivity contribution in [2.75, 3.05) is 47.4 Å². The zero-order chi connectivity index (χ0) is 14.5. The largest absolute Gasteiger partial charge is 0.394 e. The maximum Gasteiger partial charge on any atom is 0.172 e. The normalized spacial score (nSPS) is 32.5. The molecule has 0 saturated carbocycles. The molecule has 2 N–H and O–H groups in total. The molecule has 5 nitrogen and oxygen atoms in total. The van der Waals surface area contributed by atoms with E-state index in [1.54, 1.807) is 7.11 Å². The highest BCUT2D eigenvalue weighted by Crippen LogP contribution is 2.25. The van der Waals surface area contributed by atoms with E-state index in [4.69, 9.17) is 9.47 Å². The van der Waals surface area contributed by atoms with Crippen LogP contribution in [-0.2, 0) is 9.47 Å². The molecule has 0 aromatic rings. The van der Waals surface area contributed by atoms with Crippen molar-refractivity contribution in [1.29, 1.82) is 0 Å². The van der Waals surface area contributed by atoms with Crippen LogP contribution in [0.15, 0.2) is 0 Å². The zero-order valence-corrected chi connectivity index (χ0v) is 13.1. The van der Waals surface area contributed by atoms with Crippen LogP contribution in [0.5, 0.6) is 0 Å². The average Bonchev–Trinajstić information content (AvgIpc) is 2.39. The Kier molecular flexibility index (Phi) is 6.69. The third-order valence-electron chi connectivity index (χ3n) is 4.29. The second kappa shape index (κ2) is 7.55. The van der Waals surface area contributed by atoms with E-state index >= 15 is 0 Å². The first-order valence-electron chi connectivity index (χ1n) is 7.28. The summed E-state index contributed by atoms with van der Waals surface area (Å²) in [6.07, 6.45) is 0.611. The van der Waals surface area contributed by atoms with Crippen LogP contribution in [0.25, 0.3) is 0 Å².